The van der Waals surface area contributed by atoms with E-state index in [0.29, 0.717) is 24.5 Å². The van der Waals surface area contributed by atoms with Gasteiger partial charge in [0.05, 0.1) is 0 Å². The first-order chi connectivity index (χ1) is 18.3. The number of amides is 2. The normalized spacial score (nSPS) is 26.4. The van der Waals surface area contributed by atoms with Gasteiger partial charge in [0.1, 0.15) is 11.5 Å². The highest BCUT2D eigenvalue weighted by atomic mass is 31.2. The fourth-order valence-electron chi connectivity index (χ4n) is 7.01. The van der Waals surface area contributed by atoms with Gasteiger partial charge in [0.2, 0.25) is 11.8 Å². The molecule has 0 aromatic heterocycles. The van der Waals surface area contributed by atoms with E-state index in [0.717, 1.165) is 43.4 Å². The van der Waals surface area contributed by atoms with Crippen molar-refractivity contribution in [2.75, 3.05) is 6.54 Å². The Hall–Kier alpha value is -2.79. The molecule has 4 bridgehead atoms. The fraction of sp³-hybridized carbons (Fsp3) is 0.533. The lowest BCUT2D eigenvalue weighted by molar-refractivity contribution is -0.146. The maximum Gasteiger partial charge on any atom is 0.452 e. The molecule has 7 nitrogen and oxygen atoms in total. The van der Waals surface area contributed by atoms with Gasteiger partial charge in [-0.3, -0.25) is 9.59 Å². The summed E-state index contributed by atoms with van der Waals surface area (Å²) in [6.07, 6.45) is 8.75. The lowest BCUT2D eigenvalue weighted by atomic mass is 9.49. The van der Waals surface area contributed by atoms with Gasteiger partial charge in [0, 0.05) is 18.4 Å². The zero-order valence-corrected chi connectivity index (χ0v) is 23.0. The van der Waals surface area contributed by atoms with E-state index in [9.17, 15) is 14.2 Å². The van der Waals surface area contributed by atoms with Crippen LogP contribution in [-0.4, -0.2) is 24.1 Å². The number of benzene rings is 2. The minimum atomic E-state index is -3.78. The van der Waals surface area contributed by atoms with Crippen LogP contribution in [0.1, 0.15) is 64.7 Å². The molecular weight excluding hydrogens is 499 g/mol. The Kier molecular flexibility index (Phi) is 8.13. The molecule has 8 heteroatoms. The summed E-state index contributed by atoms with van der Waals surface area (Å²) in [4.78, 5) is 25.8. The van der Waals surface area contributed by atoms with Crippen molar-refractivity contribution in [3.8, 4) is 11.5 Å². The number of carbonyl (C=O) groups is 2. The highest BCUT2D eigenvalue weighted by Gasteiger charge is 2.54. The number of para-hydroxylation sites is 2. The fourth-order valence-corrected chi connectivity index (χ4v) is 8.49. The average Bonchev–Trinajstić information content (AvgIpc) is 2.88. The summed E-state index contributed by atoms with van der Waals surface area (Å²) in [6.45, 7) is 2.21. The van der Waals surface area contributed by atoms with E-state index in [4.69, 9.17) is 9.05 Å². The van der Waals surface area contributed by atoms with E-state index < -0.39 is 13.4 Å². The van der Waals surface area contributed by atoms with Crippen LogP contribution in [0.5, 0.6) is 11.5 Å². The molecule has 2 N–H and O–H groups in total. The summed E-state index contributed by atoms with van der Waals surface area (Å²) in [5.74, 6) is 2.18. The number of hydrogen-bond donors (Lipinski definition) is 2. The van der Waals surface area contributed by atoms with E-state index in [1.807, 2.05) is 12.1 Å². The van der Waals surface area contributed by atoms with E-state index in [2.05, 4.69) is 10.6 Å². The summed E-state index contributed by atoms with van der Waals surface area (Å²) in [6, 6.07) is 17.6. The number of unbranched alkanes of at least 4 members (excludes halogenated alkanes) is 1. The Balaban J connectivity index is 1.08. The average molecular weight is 539 g/mol. The van der Waals surface area contributed by atoms with Crippen LogP contribution in [0.3, 0.4) is 0 Å². The van der Waals surface area contributed by atoms with E-state index in [1.54, 1.807) is 55.5 Å². The van der Waals surface area contributed by atoms with Gasteiger partial charge in [-0.05, 0) is 100 Å². The van der Waals surface area contributed by atoms with Crippen molar-refractivity contribution in [1.29, 1.82) is 0 Å². The third-order valence-electron chi connectivity index (χ3n) is 8.43. The molecule has 0 heterocycles. The lowest BCUT2D eigenvalue weighted by Crippen LogP contribution is -2.53. The molecule has 0 radical (unpaired) electrons. The minimum absolute atomic E-state index is 0.139. The maximum atomic E-state index is 13.8. The molecule has 0 aliphatic heterocycles. The molecule has 2 aromatic rings. The van der Waals surface area contributed by atoms with Crippen LogP contribution in [0.4, 0.5) is 0 Å². The first-order valence-corrected chi connectivity index (χ1v) is 15.6. The zero-order valence-electron chi connectivity index (χ0n) is 22.1. The summed E-state index contributed by atoms with van der Waals surface area (Å²) in [7, 11) is -3.78. The van der Waals surface area contributed by atoms with Crippen LogP contribution < -0.4 is 19.7 Å². The highest BCUT2D eigenvalue weighted by Crippen LogP contribution is 2.60. The Morgan fingerprint density at radius 1 is 0.868 bits per heavy atom. The zero-order chi connectivity index (χ0) is 26.6. The SMILES string of the molecule is C[C@H](NC(=O)CCCCNC(=O)C12CC3CC(CC(C3)C1)C2)P(=O)(Oc1ccccc1)Oc1ccccc1. The molecule has 0 saturated heterocycles. The van der Waals surface area contributed by atoms with Crippen LogP contribution >= 0.6 is 7.60 Å². The Morgan fingerprint density at radius 3 is 1.87 bits per heavy atom. The van der Waals surface area contributed by atoms with Crippen molar-refractivity contribution in [2.24, 2.45) is 23.2 Å². The van der Waals surface area contributed by atoms with Crippen LogP contribution in [0.15, 0.2) is 60.7 Å². The van der Waals surface area contributed by atoms with Gasteiger partial charge < -0.3 is 19.7 Å². The van der Waals surface area contributed by atoms with Crippen LogP contribution in [-0.2, 0) is 14.2 Å². The van der Waals surface area contributed by atoms with Gasteiger partial charge >= 0.3 is 7.60 Å². The van der Waals surface area contributed by atoms with E-state index in [1.165, 1.54) is 19.3 Å². The second-order valence-electron chi connectivity index (χ2n) is 11.5. The van der Waals surface area contributed by atoms with Crippen LogP contribution in [0.2, 0.25) is 0 Å². The number of hydrogen-bond acceptors (Lipinski definition) is 5. The molecule has 204 valence electrons. The van der Waals surface area contributed by atoms with Crippen molar-refractivity contribution in [2.45, 2.75) is 70.5 Å². The maximum absolute atomic E-state index is 13.8. The van der Waals surface area contributed by atoms with Crippen molar-refractivity contribution < 1.29 is 23.2 Å². The molecular formula is C30H39N2O5P. The number of rotatable bonds is 12. The monoisotopic (exact) mass is 538 g/mol. The van der Waals surface area contributed by atoms with Gasteiger partial charge in [-0.25, -0.2) is 4.57 Å². The van der Waals surface area contributed by atoms with Crippen LogP contribution in [0, 0.1) is 23.2 Å². The second-order valence-corrected chi connectivity index (χ2v) is 13.7. The first-order valence-electron chi connectivity index (χ1n) is 14.0. The molecule has 6 rings (SSSR count). The van der Waals surface area contributed by atoms with Crippen molar-refractivity contribution >= 4 is 19.4 Å². The van der Waals surface area contributed by atoms with Gasteiger partial charge in [0.15, 0.2) is 5.78 Å². The summed E-state index contributed by atoms with van der Waals surface area (Å²) >= 11 is 0. The lowest BCUT2D eigenvalue weighted by Gasteiger charge is -2.55. The molecule has 2 aromatic carbocycles. The summed E-state index contributed by atoms with van der Waals surface area (Å²) in [5, 5.41) is 5.99. The van der Waals surface area contributed by atoms with Crippen molar-refractivity contribution in [3.63, 3.8) is 0 Å². The molecule has 4 aliphatic rings. The Bertz CT molecular complexity index is 1070. The largest absolute Gasteiger partial charge is 0.452 e. The number of carbonyl (C=O) groups excluding carboxylic acids is 2. The standard InChI is InChI=1S/C30H39N2O5P/c1-22(38(35,36-26-10-4-2-5-11-26)37-27-12-6-3-7-13-27)32-28(33)14-8-9-15-31-29(34)30-19-23-16-24(20-30)18-25(17-23)21-30/h2-7,10-13,22-25H,8-9,14-21H2,1H3,(H,31,34)(H,32,33)/t22-,23?,24?,25?,30?/m1/s1. The molecule has 4 saturated carbocycles. The van der Waals surface area contributed by atoms with E-state index in [-0.39, 0.29) is 23.7 Å². The minimum Gasteiger partial charge on any atom is -0.415 e. The quantitative estimate of drug-likeness (QED) is 0.244. The van der Waals surface area contributed by atoms with Gasteiger partial charge in [-0.15, -0.1) is 0 Å². The van der Waals surface area contributed by atoms with Crippen molar-refractivity contribution in [1.82, 2.24) is 10.6 Å². The first kappa shape index (κ1) is 26.8. The summed E-state index contributed by atoms with van der Waals surface area (Å²) in [5.41, 5.74) is -0.139. The van der Waals surface area contributed by atoms with Gasteiger partial charge in [0.25, 0.3) is 0 Å². The van der Waals surface area contributed by atoms with Gasteiger partial charge in [-0.2, -0.15) is 0 Å². The topological polar surface area (TPSA) is 93.7 Å². The predicted octanol–water partition coefficient (Wildman–Crippen LogP) is 6.30. The molecule has 1 atom stereocenters. The van der Waals surface area contributed by atoms with Gasteiger partial charge in [-0.1, -0.05) is 36.4 Å². The van der Waals surface area contributed by atoms with E-state index >= 15 is 0 Å². The van der Waals surface area contributed by atoms with Crippen molar-refractivity contribution in [3.05, 3.63) is 60.7 Å². The molecule has 38 heavy (non-hydrogen) atoms. The predicted molar refractivity (Wildman–Crippen MR) is 147 cm³/mol. The number of nitrogens with one attached hydrogen (secondary N) is 2. The highest BCUT2D eigenvalue weighted by molar-refractivity contribution is 7.55. The summed E-state index contributed by atoms with van der Waals surface area (Å²) < 4.78 is 25.4. The Labute approximate surface area is 225 Å². The molecule has 0 unspecified atom stereocenters. The Morgan fingerprint density at radius 2 is 1.37 bits per heavy atom. The molecule has 0 spiro atoms. The molecule has 4 fully saturated rings. The molecule has 4 aliphatic carbocycles. The molecule has 2 amide bonds. The third-order valence-corrected chi connectivity index (χ3v) is 10.4. The smallest absolute Gasteiger partial charge is 0.415 e. The second kappa shape index (κ2) is 11.5. The third kappa shape index (κ3) is 6.26. The van der Waals surface area contributed by atoms with Crippen LogP contribution in [0.25, 0.3) is 0 Å².